The van der Waals surface area contributed by atoms with Crippen LogP contribution in [0.25, 0.3) is 0 Å². The van der Waals surface area contributed by atoms with E-state index in [9.17, 15) is 4.79 Å². The van der Waals surface area contributed by atoms with Crippen LogP contribution in [0.1, 0.15) is 21.6 Å². The van der Waals surface area contributed by atoms with Crippen LogP contribution in [0.4, 0.5) is 0 Å². The minimum atomic E-state index is -0.142. The molecule has 0 unspecified atom stereocenters. The third kappa shape index (κ3) is 4.49. The summed E-state index contributed by atoms with van der Waals surface area (Å²) >= 11 is 3.31. The molecule has 0 radical (unpaired) electrons. The molecule has 5 heteroatoms. The number of amides is 1. The molecule has 3 rings (SSSR count). The maximum absolute atomic E-state index is 12.0. The first-order valence-electron chi connectivity index (χ1n) is 7.58. The standard InChI is InChI=1S/C19H17BrN2O2/c20-16-10-18(21-12-16)19(23)22-11-15-7-4-8-17(9-15)24-13-14-5-2-1-3-6-14/h1-10,12,21H,11,13H2,(H,22,23). The van der Waals surface area contributed by atoms with Crippen LogP contribution < -0.4 is 10.1 Å². The highest BCUT2D eigenvalue weighted by Crippen LogP contribution is 2.16. The molecular formula is C19H17BrN2O2. The van der Waals surface area contributed by atoms with Gasteiger partial charge < -0.3 is 15.0 Å². The Bertz CT molecular complexity index is 815. The predicted molar refractivity (Wildman–Crippen MR) is 96.9 cm³/mol. The van der Waals surface area contributed by atoms with Crippen LogP contribution in [-0.4, -0.2) is 10.9 Å². The van der Waals surface area contributed by atoms with Crippen LogP contribution in [0, 0.1) is 0 Å². The van der Waals surface area contributed by atoms with Crippen molar-refractivity contribution in [2.45, 2.75) is 13.2 Å². The molecule has 0 bridgehead atoms. The van der Waals surface area contributed by atoms with Gasteiger partial charge in [-0.15, -0.1) is 0 Å². The summed E-state index contributed by atoms with van der Waals surface area (Å²) in [4.78, 5) is 14.9. The number of benzene rings is 2. The first-order valence-corrected chi connectivity index (χ1v) is 8.38. The second kappa shape index (κ2) is 7.84. The van der Waals surface area contributed by atoms with Gasteiger partial charge >= 0.3 is 0 Å². The summed E-state index contributed by atoms with van der Waals surface area (Å²) in [6.07, 6.45) is 1.73. The zero-order valence-electron chi connectivity index (χ0n) is 13.0. The molecule has 1 heterocycles. The number of hydrogen-bond acceptors (Lipinski definition) is 2. The number of halogens is 1. The normalized spacial score (nSPS) is 10.4. The molecule has 0 atom stereocenters. The molecule has 4 nitrogen and oxygen atoms in total. The summed E-state index contributed by atoms with van der Waals surface area (Å²) in [5, 5.41) is 2.88. The quantitative estimate of drug-likeness (QED) is 0.665. The van der Waals surface area contributed by atoms with E-state index in [0.717, 1.165) is 21.3 Å². The van der Waals surface area contributed by atoms with E-state index < -0.39 is 0 Å². The molecule has 2 aromatic carbocycles. The zero-order valence-corrected chi connectivity index (χ0v) is 14.5. The van der Waals surface area contributed by atoms with Crippen LogP contribution in [0.5, 0.6) is 5.75 Å². The van der Waals surface area contributed by atoms with Crippen LogP contribution in [0.15, 0.2) is 71.3 Å². The molecule has 1 aromatic heterocycles. The summed E-state index contributed by atoms with van der Waals surface area (Å²) in [7, 11) is 0. The lowest BCUT2D eigenvalue weighted by Crippen LogP contribution is -2.23. The summed E-state index contributed by atoms with van der Waals surface area (Å²) in [6, 6.07) is 19.5. The van der Waals surface area contributed by atoms with Gasteiger partial charge in [0, 0.05) is 17.2 Å². The number of carbonyl (C=O) groups is 1. The number of rotatable bonds is 6. The van der Waals surface area contributed by atoms with Crippen molar-refractivity contribution >= 4 is 21.8 Å². The molecule has 122 valence electrons. The number of nitrogens with one attached hydrogen (secondary N) is 2. The van der Waals surface area contributed by atoms with Crippen LogP contribution in [0.2, 0.25) is 0 Å². The maximum Gasteiger partial charge on any atom is 0.267 e. The third-order valence-electron chi connectivity index (χ3n) is 3.49. The summed E-state index contributed by atoms with van der Waals surface area (Å²) in [5.74, 6) is 0.643. The Kier molecular flexibility index (Phi) is 5.33. The van der Waals surface area contributed by atoms with E-state index in [1.54, 1.807) is 12.3 Å². The molecular weight excluding hydrogens is 368 g/mol. The Morgan fingerprint density at radius 2 is 1.83 bits per heavy atom. The first-order chi connectivity index (χ1) is 11.7. The average Bonchev–Trinajstić information content (AvgIpc) is 3.06. The molecule has 0 aliphatic carbocycles. The van der Waals surface area contributed by atoms with Gasteiger partial charge in [-0.05, 0) is 45.3 Å². The van der Waals surface area contributed by atoms with Crippen LogP contribution >= 0.6 is 15.9 Å². The average molecular weight is 385 g/mol. The number of carbonyl (C=O) groups excluding carboxylic acids is 1. The number of H-pyrrole nitrogens is 1. The van der Waals surface area contributed by atoms with Gasteiger partial charge in [0.2, 0.25) is 0 Å². The summed E-state index contributed by atoms with van der Waals surface area (Å²) in [6.45, 7) is 0.963. The number of ether oxygens (including phenoxy) is 1. The fourth-order valence-corrected chi connectivity index (χ4v) is 2.61. The molecule has 24 heavy (non-hydrogen) atoms. The predicted octanol–water partition coefficient (Wildman–Crippen LogP) is 4.29. The second-order valence-electron chi connectivity index (χ2n) is 5.34. The number of aromatic amines is 1. The molecule has 2 N–H and O–H groups in total. The molecule has 0 saturated heterocycles. The highest BCUT2D eigenvalue weighted by Gasteiger charge is 2.07. The zero-order chi connectivity index (χ0) is 16.8. The van der Waals surface area contributed by atoms with Gasteiger partial charge in [-0.1, -0.05) is 42.5 Å². The van der Waals surface area contributed by atoms with Crippen LogP contribution in [0.3, 0.4) is 0 Å². The second-order valence-corrected chi connectivity index (χ2v) is 6.25. The Hall–Kier alpha value is -2.53. The van der Waals surface area contributed by atoms with Gasteiger partial charge in [0.15, 0.2) is 0 Å². The summed E-state index contributed by atoms with van der Waals surface area (Å²) in [5.41, 5.74) is 2.63. The van der Waals surface area contributed by atoms with Crippen molar-refractivity contribution < 1.29 is 9.53 Å². The Labute approximate surface area is 149 Å². The van der Waals surface area contributed by atoms with Crippen molar-refractivity contribution in [1.82, 2.24) is 10.3 Å². The lowest BCUT2D eigenvalue weighted by Gasteiger charge is -2.09. The molecule has 0 aliphatic rings. The molecule has 0 fully saturated rings. The smallest absolute Gasteiger partial charge is 0.267 e. The van der Waals surface area contributed by atoms with E-state index in [1.807, 2.05) is 54.6 Å². The Morgan fingerprint density at radius 1 is 1.04 bits per heavy atom. The number of hydrogen-bond donors (Lipinski definition) is 2. The fraction of sp³-hybridized carbons (Fsp3) is 0.105. The van der Waals surface area contributed by atoms with Crippen LogP contribution in [-0.2, 0) is 13.2 Å². The monoisotopic (exact) mass is 384 g/mol. The van der Waals surface area contributed by atoms with Gasteiger partial charge in [-0.2, -0.15) is 0 Å². The Morgan fingerprint density at radius 3 is 2.58 bits per heavy atom. The molecule has 0 saturated carbocycles. The Balaban J connectivity index is 1.56. The van der Waals surface area contributed by atoms with E-state index in [2.05, 4.69) is 26.2 Å². The first kappa shape index (κ1) is 16.3. The lowest BCUT2D eigenvalue weighted by molar-refractivity contribution is 0.0946. The maximum atomic E-state index is 12.0. The number of aromatic nitrogens is 1. The van der Waals surface area contributed by atoms with Gasteiger partial charge in [0.05, 0.1) is 0 Å². The highest BCUT2D eigenvalue weighted by atomic mass is 79.9. The molecule has 0 aliphatic heterocycles. The summed E-state index contributed by atoms with van der Waals surface area (Å²) < 4.78 is 6.65. The highest BCUT2D eigenvalue weighted by molar-refractivity contribution is 9.10. The van der Waals surface area contributed by atoms with Crippen molar-refractivity contribution in [3.8, 4) is 5.75 Å². The van der Waals surface area contributed by atoms with Crippen molar-refractivity contribution in [2.75, 3.05) is 0 Å². The fourth-order valence-electron chi connectivity index (χ4n) is 2.26. The largest absolute Gasteiger partial charge is 0.489 e. The van der Waals surface area contributed by atoms with Gasteiger partial charge in [0.1, 0.15) is 18.1 Å². The minimum absolute atomic E-state index is 0.142. The van der Waals surface area contributed by atoms with Gasteiger partial charge in [-0.25, -0.2) is 0 Å². The lowest BCUT2D eigenvalue weighted by atomic mass is 10.2. The van der Waals surface area contributed by atoms with Gasteiger partial charge in [0.25, 0.3) is 5.91 Å². The van der Waals surface area contributed by atoms with Crippen molar-refractivity contribution in [3.63, 3.8) is 0 Å². The van der Waals surface area contributed by atoms with E-state index in [4.69, 9.17) is 4.74 Å². The van der Waals surface area contributed by atoms with E-state index in [0.29, 0.717) is 18.8 Å². The van der Waals surface area contributed by atoms with Crippen molar-refractivity contribution in [3.05, 3.63) is 88.2 Å². The van der Waals surface area contributed by atoms with Crippen molar-refractivity contribution in [1.29, 1.82) is 0 Å². The molecule has 1 amide bonds. The molecule has 0 spiro atoms. The van der Waals surface area contributed by atoms with E-state index in [-0.39, 0.29) is 5.91 Å². The molecule has 3 aromatic rings. The van der Waals surface area contributed by atoms with Crippen molar-refractivity contribution in [2.24, 2.45) is 0 Å². The SMILES string of the molecule is O=C(NCc1cccc(OCc2ccccc2)c1)c1cc(Br)c[nH]1. The van der Waals surface area contributed by atoms with Gasteiger partial charge in [-0.3, -0.25) is 4.79 Å². The minimum Gasteiger partial charge on any atom is -0.489 e. The van der Waals surface area contributed by atoms with E-state index in [1.165, 1.54) is 0 Å². The van der Waals surface area contributed by atoms with E-state index >= 15 is 0 Å². The third-order valence-corrected chi connectivity index (χ3v) is 3.95. The topological polar surface area (TPSA) is 54.1 Å².